The Morgan fingerprint density at radius 1 is 1.39 bits per heavy atom. The maximum Gasteiger partial charge on any atom is 0.280 e. The van der Waals surface area contributed by atoms with Gasteiger partial charge in [-0.05, 0) is 0 Å². The molecule has 0 saturated carbocycles. The van der Waals surface area contributed by atoms with Gasteiger partial charge in [-0.1, -0.05) is 0 Å². The summed E-state index contributed by atoms with van der Waals surface area (Å²) in [6, 6.07) is 0. The van der Waals surface area contributed by atoms with Gasteiger partial charge >= 0.3 is 0 Å². The molecule has 0 saturated heterocycles. The lowest BCUT2D eigenvalue weighted by Crippen LogP contribution is -2.24. The maximum absolute atomic E-state index is 11.5. The molecule has 0 radical (unpaired) electrons. The summed E-state index contributed by atoms with van der Waals surface area (Å²) in [6.45, 7) is -0.642. The highest BCUT2D eigenvalue weighted by Gasteiger charge is 2.20. The molecule has 9 heteroatoms. The first-order valence-electron chi connectivity index (χ1n) is 5.02. The molecule has 18 heavy (non-hydrogen) atoms. The molecule has 6 N–H and O–H groups in total. The number of nitrogens with two attached hydrogens (primary N) is 1. The normalized spacial score (nSPS) is 14.6. The zero-order valence-corrected chi connectivity index (χ0v) is 9.11. The van der Waals surface area contributed by atoms with Crippen molar-refractivity contribution < 1.29 is 15.3 Å². The van der Waals surface area contributed by atoms with Crippen LogP contribution in [0.15, 0.2) is 11.0 Å². The molecule has 0 aliphatic carbocycles. The number of anilines is 1. The van der Waals surface area contributed by atoms with E-state index in [-0.39, 0.29) is 22.8 Å². The van der Waals surface area contributed by atoms with Crippen molar-refractivity contribution in [1.82, 2.24) is 19.9 Å². The second kappa shape index (κ2) is 4.64. The summed E-state index contributed by atoms with van der Waals surface area (Å²) in [5.74, 6) is -0.0921. The van der Waals surface area contributed by atoms with E-state index in [0.717, 1.165) is 6.20 Å². The van der Waals surface area contributed by atoms with Crippen molar-refractivity contribution in [3.8, 4) is 0 Å². The first-order chi connectivity index (χ1) is 8.52. The van der Waals surface area contributed by atoms with Gasteiger partial charge in [0.15, 0.2) is 11.2 Å². The van der Waals surface area contributed by atoms with Gasteiger partial charge in [0.2, 0.25) is 5.95 Å². The van der Waals surface area contributed by atoms with Gasteiger partial charge < -0.3 is 21.1 Å². The van der Waals surface area contributed by atoms with Crippen LogP contribution in [-0.2, 0) is 0 Å². The van der Waals surface area contributed by atoms with Gasteiger partial charge in [0, 0.05) is 0 Å². The molecule has 0 aliphatic rings. The van der Waals surface area contributed by atoms with Crippen LogP contribution >= 0.6 is 0 Å². The first-order valence-corrected chi connectivity index (χ1v) is 5.02. The summed E-state index contributed by atoms with van der Waals surface area (Å²) < 4.78 is 0. The second-order valence-corrected chi connectivity index (χ2v) is 3.61. The monoisotopic (exact) mass is 253 g/mol. The van der Waals surface area contributed by atoms with E-state index in [1.165, 1.54) is 0 Å². The largest absolute Gasteiger partial charge is 0.394 e. The Hall–Kier alpha value is -2.10. The van der Waals surface area contributed by atoms with Crippen molar-refractivity contribution in [1.29, 1.82) is 0 Å². The van der Waals surface area contributed by atoms with Crippen LogP contribution in [0.5, 0.6) is 0 Å². The maximum atomic E-state index is 11.5. The molecule has 0 amide bonds. The smallest absolute Gasteiger partial charge is 0.280 e. The zero-order valence-electron chi connectivity index (χ0n) is 9.11. The number of hydrogen-bond acceptors (Lipinski definition) is 8. The van der Waals surface area contributed by atoms with Crippen molar-refractivity contribution >= 4 is 17.1 Å². The molecule has 9 nitrogen and oxygen atoms in total. The van der Waals surface area contributed by atoms with Gasteiger partial charge in [-0.3, -0.25) is 9.78 Å². The molecule has 0 aliphatic heterocycles. The molecule has 2 rings (SSSR count). The lowest BCUT2D eigenvalue weighted by molar-refractivity contribution is -0.0173. The molecule has 2 atom stereocenters. The first kappa shape index (κ1) is 12.4. The van der Waals surface area contributed by atoms with Crippen LogP contribution in [0.3, 0.4) is 0 Å². The number of rotatable bonds is 3. The van der Waals surface area contributed by atoms with E-state index in [9.17, 15) is 15.0 Å². The quantitative estimate of drug-likeness (QED) is 0.407. The van der Waals surface area contributed by atoms with Crippen LogP contribution < -0.4 is 11.3 Å². The SMILES string of the molecule is Nc1nc2ncc(C(O)C(O)CO)nc2c(=O)[nH]1. The molecule has 2 heterocycles. The van der Waals surface area contributed by atoms with Crippen molar-refractivity contribution in [2.45, 2.75) is 12.2 Å². The number of aromatic amines is 1. The molecule has 2 aromatic heterocycles. The van der Waals surface area contributed by atoms with Crippen LogP contribution in [0.1, 0.15) is 11.8 Å². The summed E-state index contributed by atoms with van der Waals surface area (Å²) in [5.41, 5.74) is 4.62. The minimum atomic E-state index is -1.44. The van der Waals surface area contributed by atoms with E-state index >= 15 is 0 Å². The van der Waals surface area contributed by atoms with E-state index in [4.69, 9.17) is 10.8 Å². The number of H-pyrrole nitrogens is 1. The third-order valence-corrected chi connectivity index (χ3v) is 2.31. The fraction of sp³-hybridized carbons (Fsp3) is 0.333. The van der Waals surface area contributed by atoms with E-state index in [1.54, 1.807) is 0 Å². The number of aromatic nitrogens is 4. The summed E-state index contributed by atoms with van der Waals surface area (Å²) in [5, 5.41) is 27.6. The summed E-state index contributed by atoms with van der Waals surface area (Å²) >= 11 is 0. The van der Waals surface area contributed by atoms with Crippen LogP contribution in [0.25, 0.3) is 11.2 Å². The van der Waals surface area contributed by atoms with Crippen LogP contribution in [0.2, 0.25) is 0 Å². The van der Waals surface area contributed by atoms with Crippen LogP contribution in [-0.4, -0.2) is 48.0 Å². The van der Waals surface area contributed by atoms with Crippen LogP contribution in [0.4, 0.5) is 5.95 Å². The molecule has 0 aromatic carbocycles. The highest BCUT2D eigenvalue weighted by Crippen LogP contribution is 2.14. The van der Waals surface area contributed by atoms with Gasteiger partial charge in [-0.15, -0.1) is 0 Å². The average Bonchev–Trinajstić information content (AvgIpc) is 2.36. The molecule has 2 aromatic rings. The van der Waals surface area contributed by atoms with Gasteiger partial charge in [0.05, 0.1) is 18.5 Å². The lowest BCUT2D eigenvalue weighted by atomic mass is 10.1. The van der Waals surface area contributed by atoms with Gasteiger partial charge in [-0.25, -0.2) is 9.97 Å². The molecular formula is C9H11N5O4. The molecular weight excluding hydrogens is 242 g/mol. The number of aliphatic hydroxyl groups is 3. The van der Waals surface area contributed by atoms with Gasteiger partial charge in [0.1, 0.15) is 12.2 Å². The Balaban J connectivity index is 2.54. The Labute approximate surface area is 100.0 Å². The molecule has 0 bridgehead atoms. The van der Waals surface area contributed by atoms with E-state index in [1.807, 2.05) is 0 Å². The summed E-state index contributed by atoms with van der Waals surface area (Å²) in [7, 11) is 0. The third kappa shape index (κ3) is 2.14. The Bertz CT molecular complexity index is 628. The highest BCUT2D eigenvalue weighted by atomic mass is 16.4. The van der Waals surface area contributed by atoms with Crippen molar-refractivity contribution in [3.63, 3.8) is 0 Å². The highest BCUT2D eigenvalue weighted by molar-refractivity contribution is 5.69. The standard InChI is InChI=1S/C9H11N5O4/c10-9-13-7-5(8(18)14-9)12-3(1-11-7)6(17)4(16)2-15/h1,4,6,15-17H,2H2,(H3,10,11,13,14,18). The Morgan fingerprint density at radius 3 is 2.78 bits per heavy atom. The lowest BCUT2D eigenvalue weighted by Gasteiger charge is -2.14. The van der Waals surface area contributed by atoms with E-state index in [2.05, 4.69) is 19.9 Å². The molecule has 96 valence electrons. The number of nitrogens with one attached hydrogen (secondary N) is 1. The average molecular weight is 253 g/mol. The van der Waals surface area contributed by atoms with E-state index in [0.29, 0.717) is 0 Å². The summed E-state index contributed by atoms with van der Waals surface area (Å²) in [4.78, 5) is 25.2. The van der Waals surface area contributed by atoms with Crippen molar-refractivity contribution in [2.75, 3.05) is 12.3 Å². The van der Waals surface area contributed by atoms with Gasteiger partial charge in [-0.2, -0.15) is 4.98 Å². The third-order valence-electron chi connectivity index (χ3n) is 2.31. The minimum Gasteiger partial charge on any atom is -0.394 e. The van der Waals surface area contributed by atoms with Crippen LogP contribution in [0, 0.1) is 0 Å². The molecule has 0 spiro atoms. The van der Waals surface area contributed by atoms with Gasteiger partial charge in [0.25, 0.3) is 5.56 Å². The number of aliphatic hydroxyl groups excluding tert-OH is 3. The minimum absolute atomic E-state index is 0.0330. The molecule has 2 unspecified atom stereocenters. The number of fused-ring (bicyclic) bond motifs is 1. The zero-order chi connectivity index (χ0) is 13.3. The number of nitrogens with zero attached hydrogens (tertiary/aromatic N) is 3. The number of hydrogen-bond donors (Lipinski definition) is 5. The number of nitrogen functional groups attached to an aromatic ring is 1. The predicted octanol–water partition coefficient (Wildman–Crippen LogP) is -2.32. The van der Waals surface area contributed by atoms with Crippen molar-refractivity contribution in [3.05, 3.63) is 22.2 Å². The van der Waals surface area contributed by atoms with E-state index < -0.39 is 24.4 Å². The Morgan fingerprint density at radius 2 is 2.11 bits per heavy atom. The predicted molar refractivity (Wildman–Crippen MR) is 60.4 cm³/mol. The fourth-order valence-electron chi connectivity index (χ4n) is 1.39. The summed E-state index contributed by atoms with van der Waals surface area (Å²) in [6.07, 6.45) is -1.70. The topological polar surface area (TPSA) is 158 Å². The Kier molecular flexibility index (Phi) is 3.19. The second-order valence-electron chi connectivity index (χ2n) is 3.61. The molecule has 0 fully saturated rings. The fourth-order valence-corrected chi connectivity index (χ4v) is 1.39. The van der Waals surface area contributed by atoms with Crippen molar-refractivity contribution in [2.24, 2.45) is 0 Å².